The molecule has 2 aliphatic rings. The van der Waals surface area contributed by atoms with Gasteiger partial charge in [0.1, 0.15) is 12.1 Å². The summed E-state index contributed by atoms with van der Waals surface area (Å²) in [6.07, 6.45) is 3.17. The average Bonchev–Trinajstić information content (AvgIpc) is 3.56. The van der Waals surface area contributed by atoms with Gasteiger partial charge in [-0.25, -0.2) is 8.78 Å². The van der Waals surface area contributed by atoms with Crippen LogP contribution in [0.25, 0.3) is 11.1 Å². The molecule has 200 valence electrons. The number of rotatable bonds is 7. The molecule has 3 N–H and O–H groups in total. The predicted molar refractivity (Wildman–Crippen MR) is 138 cm³/mol. The quantitative estimate of drug-likeness (QED) is 0.328. The molecule has 4 aromatic rings. The average molecular weight is 533 g/mol. The molecule has 0 aliphatic carbocycles. The number of aromatic nitrogens is 6. The Balaban J connectivity index is 1.22. The molecule has 13 heteroatoms. The summed E-state index contributed by atoms with van der Waals surface area (Å²) < 4.78 is 28.6. The first-order valence-corrected chi connectivity index (χ1v) is 12.5. The lowest BCUT2D eigenvalue weighted by molar-refractivity contribution is -0.187. The van der Waals surface area contributed by atoms with E-state index in [0.29, 0.717) is 42.9 Å². The van der Waals surface area contributed by atoms with E-state index in [9.17, 15) is 19.1 Å². The zero-order chi connectivity index (χ0) is 27.1. The maximum atomic E-state index is 13.4. The van der Waals surface area contributed by atoms with Crippen LogP contribution in [0.1, 0.15) is 29.0 Å². The highest BCUT2D eigenvalue weighted by atomic mass is 19.3. The monoisotopic (exact) mass is 532 g/mol. The summed E-state index contributed by atoms with van der Waals surface area (Å²) >= 11 is 0. The number of anilines is 3. The van der Waals surface area contributed by atoms with Gasteiger partial charge in [-0.15, -0.1) is 0 Å². The van der Waals surface area contributed by atoms with Crippen LogP contribution in [0.2, 0.25) is 0 Å². The number of benzene rings is 1. The van der Waals surface area contributed by atoms with Crippen molar-refractivity contribution in [3.8, 4) is 17.2 Å². The molecule has 1 atom stereocenters. The third-order valence-corrected chi connectivity index (χ3v) is 7.12. The second-order valence-corrected chi connectivity index (χ2v) is 9.81. The van der Waals surface area contributed by atoms with Gasteiger partial charge in [-0.05, 0) is 35.7 Å². The molecule has 1 saturated heterocycles. The highest BCUT2D eigenvalue weighted by molar-refractivity contribution is 5.66. The van der Waals surface area contributed by atoms with Crippen molar-refractivity contribution in [1.29, 1.82) is 5.26 Å². The van der Waals surface area contributed by atoms with Crippen LogP contribution in [-0.4, -0.2) is 65.3 Å². The summed E-state index contributed by atoms with van der Waals surface area (Å²) in [6.45, 7) is 0.168. The Kier molecular flexibility index (Phi) is 6.20. The molecule has 5 heterocycles. The maximum absolute atomic E-state index is 13.4. The van der Waals surface area contributed by atoms with E-state index in [1.54, 1.807) is 6.20 Å². The van der Waals surface area contributed by atoms with Crippen LogP contribution in [0.15, 0.2) is 42.7 Å². The van der Waals surface area contributed by atoms with E-state index in [-0.39, 0.29) is 6.42 Å². The SMILES string of the molecule is Cn1c(C(O)N2CC(F)(F)C2)cc2c1CN(c1nc(CC#N)nc(Nc3ccc(-c4cn[nH]c4)cc3)n1)CC2. The van der Waals surface area contributed by atoms with Gasteiger partial charge in [0, 0.05) is 36.7 Å². The Bertz CT molecular complexity index is 1520. The highest BCUT2D eigenvalue weighted by Gasteiger charge is 2.47. The van der Waals surface area contributed by atoms with Crippen LogP contribution in [-0.2, 0) is 26.4 Å². The van der Waals surface area contributed by atoms with E-state index >= 15 is 0 Å². The van der Waals surface area contributed by atoms with Gasteiger partial charge in [-0.1, -0.05) is 12.1 Å². The number of alkyl halides is 2. The van der Waals surface area contributed by atoms with Crippen LogP contribution in [0.5, 0.6) is 0 Å². The number of fused-ring (bicyclic) bond motifs is 1. The van der Waals surface area contributed by atoms with Crippen molar-refractivity contribution in [3.63, 3.8) is 0 Å². The number of hydrogen-bond donors (Lipinski definition) is 3. The Morgan fingerprint density at radius 3 is 2.67 bits per heavy atom. The van der Waals surface area contributed by atoms with Crippen LogP contribution in [0, 0.1) is 11.3 Å². The third kappa shape index (κ3) is 4.91. The van der Waals surface area contributed by atoms with Crippen molar-refractivity contribution in [2.45, 2.75) is 31.5 Å². The molecular formula is C26H26F2N10O. The summed E-state index contributed by atoms with van der Waals surface area (Å²) in [5.41, 5.74) is 5.35. The number of nitrogens with zero attached hydrogens (tertiary/aromatic N) is 8. The predicted octanol–water partition coefficient (Wildman–Crippen LogP) is 2.91. The number of nitrogens with one attached hydrogen (secondary N) is 2. The van der Waals surface area contributed by atoms with Crippen LogP contribution < -0.4 is 10.2 Å². The number of nitriles is 1. The van der Waals surface area contributed by atoms with E-state index in [1.807, 2.05) is 53.0 Å². The number of H-pyrrole nitrogens is 1. The lowest BCUT2D eigenvalue weighted by atomic mass is 10.1. The molecule has 1 unspecified atom stereocenters. The van der Waals surface area contributed by atoms with Crippen molar-refractivity contribution in [2.75, 3.05) is 29.9 Å². The van der Waals surface area contributed by atoms with Crippen LogP contribution in [0.4, 0.5) is 26.4 Å². The van der Waals surface area contributed by atoms with Gasteiger partial charge in [0.15, 0.2) is 0 Å². The van der Waals surface area contributed by atoms with E-state index in [0.717, 1.165) is 28.1 Å². The zero-order valence-corrected chi connectivity index (χ0v) is 21.1. The van der Waals surface area contributed by atoms with Gasteiger partial charge >= 0.3 is 0 Å². The molecule has 1 aromatic carbocycles. The second kappa shape index (κ2) is 9.72. The number of likely N-dealkylation sites (tertiary alicyclic amines) is 1. The minimum atomic E-state index is -2.75. The molecule has 6 rings (SSSR count). The second-order valence-electron chi connectivity index (χ2n) is 9.81. The fourth-order valence-electron chi connectivity index (χ4n) is 5.03. The highest BCUT2D eigenvalue weighted by Crippen LogP contribution is 2.35. The van der Waals surface area contributed by atoms with Gasteiger partial charge in [-0.2, -0.15) is 25.3 Å². The fraction of sp³-hybridized carbons (Fsp3) is 0.346. The van der Waals surface area contributed by atoms with E-state index in [4.69, 9.17) is 0 Å². The van der Waals surface area contributed by atoms with Crippen LogP contribution in [0.3, 0.4) is 0 Å². The first-order valence-electron chi connectivity index (χ1n) is 12.5. The molecule has 11 nitrogen and oxygen atoms in total. The first-order chi connectivity index (χ1) is 18.8. The topological polar surface area (TPSA) is 135 Å². The fourth-order valence-corrected chi connectivity index (χ4v) is 5.03. The molecule has 0 radical (unpaired) electrons. The van der Waals surface area contributed by atoms with Gasteiger partial charge in [0.2, 0.25) is 11.9 Å². The minimum Gasteiger partial charge on any atom is -0.373 e. The van der Waals surface area contributed by atoms with Crippen molar-refractivity contribution in [2.24, 2.45) is 7.05 Å². The smallest absolute Gasteiger partial charge is 0.273 e. The Hall–Kier alpha value is -4.41. The standard InChI is InChI=1S/C26H26F2N10O/c1-36-20(23(39)38-14-26(27,28)15-38)10-17-7-9-37(13-21(17)36)25-34-22(6-8-29)33-24(35-25)32-19-4-2-16(3-5-19)18-11-30-31-12-18/h2-5,10-12,23,39H,6-7,9,13-15H2,1H3,(H,30,31)(H,32,33,34,35). The third-order valence-electron chi connectivity index (χ3n) is 7.12. The first kappa shape index (κ1) is 24.9. The largest absolute Gasteiger partial charge is 0.373 e. The van der Waals surface area contributed by atoms with Crippen molar-refractivity contribution in [3.05, 3.63) is 65.5 Å². The van der Waals surface area contributed by atoms with Gasteiger partial charge in [0.25, 0.3) is 5.92 Å². The van der Waals surface area contributed by atoms with Crippen molar-refractivity contribution < 1.29 is 13.9 Å². The molecular weight excluding hydrogens is 506 g/mol. The molecule has 0 spiro atoms. The number of aliphatic hydroxyl groups is 1. The lowest BCUT2D eigenvalue weighted by Crippen LogP contribution is -2.57. The lowest BCUT2D eigenvalue weighted by Gasteiger charge is -2.41. The normalized spacial score (nSPS) is 17.3. The molecule has 39 heavy (non-hydrogen) atoms. The number of hydrogen-bond acceptors (Lipinski definition) is 9. The number of aromatic amines is 1. The molecule has 0 amide bonds. The Labute approximate surface area is 222 Å². The Morgan fingerprint density at radius 2 is 1.97 bits per heavy atom. The molecule has 3 aromatic heterocycles. The van der Waals surface area contributed by atoms with Gasteiger partial charge in [-0.3, -0.25) is 10.00 Å². The van der Waals surface area contributed by atoms with Gasteiger partial charge < -0.3 is 19.9 Å². The maximum Gasteiger partial charge on any atom is 0.273 e. The molecule has 1 fully saturated rings. The summed E-state index contributed by atoms with van der Waals surface area (Å²) in [4.78, 5) is 16.9. The summed E-state index contributed by atoms with van der Waals surface area (Å²) in [7, 11) is 1.83. The zero-order valence-electron chi connectivity index (χ0n) is 21.1. The summed E-state index contributed by atoms with van der Waals surface area (Å²) in [5, 5.41) is 30.0. The molecule has 0 bridgehead atoms. The summed E-state index contributed by atoms with van der Waals surface area (Å²) in [5.74, 6) is -1.64. The van der Waals surface area contributed by atoms with E-state index in [2.05, 4.69) is 36.5 Å². The molecule has 0 saturated carbocycles. The van der Waals surface area contributed by atoms with Gasteiger partial charge in [0.05, 0.1) is 44.0 Å². The van der Waals surface area contributed by atoms with Crippen molar-refractivity contribution >= 4 is 17.6 Å². The number of aliphatic hydroxyl groups excluding tert-OH is 1. The Morgan fingerprint density at radius 1 is 1.18 bits per heavy atom. The number of halogens is 2. The minimum absolute atomic E-state index is 0.0314. The van der Waals surface area contributed by atoms with E-state index < -0.39 is 25.2 Å². The van der Waals surface area contributed by atoms with Crippen LogP contribution >= 0.6 is 0 Å². The van der Waals surface area contributed by atoms with E-state index in [1.165, 1.54) is 4.90 Å². The van der Waals surface area contributed by atoms with Crippen molar-refractivity contribution in [1.82, 2.24) is 34.6 Å². The summed E-state index contributed by atoms with van der Waals surface area (Å²) in [6, 6.07) is 11.7. The molecule has 2 aliphatic heterocycles.